The van der Waals surface area contributed by atoms with Crippen molar-refractivity contribution in [2.75, 3.05) is 5.73 Å². The molecule has 1 saturated carbocycles. The summed E-state index contributed by atoms with van der Waals surface area (Å²) >= 11 is 0. The molecule has 2 rings (SSSR count). The fraction of sp³-hybridized carbons (Fsp3) is 0.500. The van der Waals surface area contributed by atoms with Crippen molar-refractivity contribution in [2.45, 2.75) is 44.6 Å². The molecule has 0 bridgehead atoms. The molecular formula is C14H19NO3. The van der Waals surface area contributed by atoms with Gasteiger partial charge < -0.3 is 15.6 Å². The van der Waals surface area contributed by atoms with Gasteiger partial charge in [-0.2, -0.15) is 0 Å². The highest BCUT2D eigenvalue weighted by molar-refractivity contribution is 5.93. The number of carboxylic acid groups (broad SMARTS) is 1. The molecule has 0 unspecified atom stereocenters. The zero-order valence-corrected chi connectivity index (χ0v) is 10.4. The molecule has 3 N–H and O–H groups in total. The van der Waals surface area contributed by atoms with Gasteiger partial charge in [-0.25, -0.2) is 4.79 Å². The van der Waals surface area contributed by atoms with Crippen molar-refractivity contribution in [3.05, 3.63) is 23.8 Å². The van der Waals surface area contributed by atoms with E-state index in [4.69, 9.17) is 15.6 Å². The first-order valence-electron chi connectivity index (χ1n) is 6.47. The van der Waals surface area contributed by atoms with Crippen LogP contribution in [0.3, 0.4) is 0 Å². The van der Waals surface area contributed by atoms with Gasteiger partial charge in [0.25, 0.3) is 0 Å². The first-order chi connectivity index (χ1) is 8.68. The zero-order chi connectivity index (χ0) is 13.0. The van der Waals surface area contributed by atoms with Crippen LogP contribution in [0, 0.1) is 0 Å². The Morgan fingerprint density at radius 1 is 1.22 bits per heavy atom. The van der Waals surface area contributed by atoms with Crippen LogP contribution in [-0.2, 0) is 0 Å². The standard InChI is InChI=1S/C14H19NO3/c15-12-9-5-8-11(14(16)17)13(12)18-10-6-3-1-2-4-7-10/h5,8-10H,1-4,6-7,15H2,(H,16,17). The van der Waals surface area contributed by atoms with Gasteiger partial charge in [0.15, 0.2) is 5.75 Å². The summed E-state index contributed by atoms with van der Waals surface area (Å²) in [5.74, 6) is -0.664. The zero-order valence-electron chi connectivity index (χ0n) is 10.4. The lowest BCUT2D eigenvalue weighted by Crippen LogP contribution is -2.18. The molecule has 18 heavy (non-hydrogen) atoms. The third-order valence-corrected chi connectivity index (χ3v) is 3.36. The monoisotopic (exact) mass is 249 g/mol. The molecule has 98 valence electrons. The van der Waals surface area contributed by atoms with Crippen LogP contribution in [-0.4, -0.2) is 17.2 Å². The van der Waals surface area contributed by atoms with Gasteiger partial charge in [0.2, 0.25) is 0 Å². The van der Waals surface area contributed by atoms with E-state index in [1.54, 1.807) is 12.1 Å². The second-order valence-electron chi connectivity index (χ2n) is 4.76. The van der Waals surface area contributed by atoms with Crippen molar-refractivity contribution >= 4 is 11.7 Å². The third-order valence-electron chi connectivity index (χ3n) is 3.36. The fourth-order valence-corrected chi connectivity index (χ4v) is 2.38. The normalized spacial score (nSPS) is 17.1. The van der Waals surface area contributed by atoms with Crippen LogP contribution in [0.4, 0.5) is 5.69 Å². The van der Waals surface area contributed by atoms with Crippen LogP contribution in [0.25, 0.3) is 0 Å². The summed E-state index contributed by atoms with van der Waals surface area (Å²) in [5, 5.41) is 9.14. The number of carboxylic acids is 1. The number of aromatic carboxylic acids is 1. The quantitative estimate of drug-likeness (QED) is 0.638. The van der Waals surface area contributed by atoms with Crippen molar-refractivity contribution < 1.29 is 14.6 Å². The Bertz CT molecular complexity index is 423. The SMILES string of the molecule is Nc1cccc(C(=O)O)c1OC1CCCCCC1. The highest BCUT2D eigenvalue weighted by Crippen LogP contribution is 2.30. The average molecular weight is 249 g/mol. The van der Waals surface area contributed by atoms with Gasteiger partial charge in [0.1, 0.15) is 5.56 Å². The smallest absolute Gasteiger partial charge is 0.339 e. The molecule has 1 fully saturated rings. The summed E-state index contributed by atoms with van der Waals surface area (Å²) in [7, 11) is 0. The second kappa shape index (κ2) is 5.76. The number of nitrogen functional groups attached to an aromatic ring is 1. The Kier molecular flexibility index (Phi) is 4.07. The molecule has 0 atom stereocenters. The van der Waals surface area contributed by atoms with E-state index in [0.717, 1.165) is 25.7 Å². The Balaban J connectivity index is 2.19. The fourth-order valence-electron chi connectivity index (χ4n) is 2.38. The lowest BCUT2D eigenvalue weighted by atomic mass is 10.1. The molecule has 0 radical (unpaired) electrons. The Morgan fingerprint density at radius 2 is 1.89 bits per heavy atom. The summed E-state index contributed by atoms with van der Waals surface area (Å²) in [6.07, 6.45) is 6.79. The second-order valence-corrected chi connectivity index (χ2v) is 4.76. The minimum absolute atomic E-state index is 0.0929. The Labute approximate surface area is 107 Å². The van der Waals surface area contributed by atoms with E-state index in [-0.39, 0.29) is 11.7 Å². The maximum Gasteiger partial charge on any atom is 0.339 e. The number of rotatable bonds is 3. The van der Waals surface area contributed by atoms with Crippen molar-refractivity contribution in [2.24, 2.45) is 0 Å². The molecule has 0 saturated heterocycles. The van der Waals surface area contributed by atoms with E-state index in [1.165, 1.54) is 18.9 Å². The molecule has 0 aliphatic heterocycles. The number of anilines is 1. The molecule has 1 aromatic rings. The lowest BCUT2D eigenvalue weighted by Gasteiger charge is -2.19. The van der Waals surface area contributed by atoms with Crippen molar-refractivity contribution in [1.29, 1.82) is 0 Å². The number of para-hydroxylation sites is 1. The van der Waals surface area contributed by atoms with Gasteiger partial charge in [-0.05, 0) is 37.8 Å². The van der Waals surface area contributed by atoms with Crippen LogP contribution in [0.15, 0.2) is 18.2 Å². The van der Waals surface area contributed by atoms with Crippen LogP contribution in [0.5, 0.6) is 5.75 Å². The van der Waals surface area contributed by atoms with E-state index >= 15 is 0 Å². The summed E-state index contributed by atoms with van der Waals surface area (Å²) < 4.78 is 5.85. The molecule has 0 amide bonds. The molecule has 1 aliphatic rings. The molecule has 1 aliphatic carbocycles. The summed E-state index contributed by atoms with van der Waals surface area (Å²) in [5.41, 5.74) is 6.38. The summed E-state index contributed by atoms with van der Waals surface area (Å²) in [6.45, 7) is 0. The largest absolute Gasteiger partial charge is 0.487 e. The van der Waals surface area contributed by atoms with Gasteiger partial charge in [-0.1, -0.05) is 18.9 Å². The van der Waals surface area contributed by atoms with Gasteiger partial charge in [0, 0.05) is 0 Å². The molecule has 0 spiro atoms. The average Bonchev–Trinajstić information content (AvgIpc) is 2.60. The molecule has 0 aromatic heterocycles. The highest BCUT2D eigenvalue weighted by Gasteiger charge is 2.19. The minimum atomic E-state index is -0.995. The molecular weight excluding hydrogens is 230 g/mol. The first-order valence-corrected chi connectivity index (χ1v) is 6.47. The van der Waals surface area contributed by atoms with Gasteiger partial charge in [-0.3, -0.25) is 0 Å². The van der Waals surface area contributed by atoms with Crippen molar-refractivity contribution in [3.63, 3.8) is 0 Å². The van der Waals surface area contributed by atoms with E-state index in [0.29, 0.717) is 11.4 Å². The molecule has 0 heterocycles. The number of benzene rings is 1. The number of hydrogen-bond donors (Lipinski definition) is 2. The number of carbonyl (C=O) groups is 1. The number of ether oxygens (including phenoxy) is 1. The maximum absolute atomic E-state index is 11.1. The molecule has 1 aromatic carbocycles. The maximum atomic E-state index is 11.1. The van der Waals surface area contributed by atoms with Crippen LogP contribution in [0.2, 0.25) is 0 Å². The van der Waals surface area contributed by atoms with Crippen molar-refractivity contribution in [3.8, 4) is 5.75 Å². The predicted molar refractivity (Wildman–Crippen MR) is 69.9 cm³/mol. The number of hydrogen-bond acceptors (Lipinski definition) is 3. The van der Waals surface area contributed by atoms with Crippen LogP contribution >= 0.6 is 0 Å². The molecule has 4 nitrogen and oxygen atoms in total. The van der Waals surface area contributed by atoms with Gasteiger partial charge in [0.05, 0.1) is 11.8 Å². The van der Waals surface area contributed by atoms with Crippen LogP contribution < -0.4 is 10.5 Å². The first kappa shape index (κ1) is 12.7. The topological polar surface area (TPSA) is 72.6 Å². The van der Waals surface area contributed by atoms with E-state index in [9.17, 15) is 4.79 Å². The minimum Gasteiger partial charge on any atom is -0.487 e. The highest BCUT2D eigenvalue weighted by atomic mass is 16.5. The predicted octanol–water partition coefficient (Wildman–Crippen LogP) is 3.07. The van der Waals surface area contributed by atoms with E-state index in [2.05, 4.69) is 0 Å². The summed E-state index contributed by atoms with van der Waals surface area (Å²) in [6, 6.07) is 4.85. The van der Waals surface area contributed by atoms with E-state index < -0.39 is 5.97 Å². The van der Waals surface area contributed by atoms with Crippen LogP contribution in [0.1, 0.15) is 48.9 Å². The number of nitrogens with two attached hydrogens (primary N) is 1. The lowest BCUT2D eigenvalue weighted by molar-refractivity contribution is 0.0688. The Morgan fingerprint density at radius 3 is 2.50 bits per heavy atom. The van der Waals surface area contributed by atoms with E-state index in [1.807, 2.05) is 0 Å². The third kappa shape index (κ3) is 2.94. The Hall–Kier alpha value is -1.71. The molecule has 4 heteroatoms. The van der Waals surface area contributed by atoms with Gasteiger partial charge in [-0.15, -0.1) is 0 Å². The van der Waals surface area contributed by atoms with Gasteiger partial charge >= 0.3 is 5.97 Å². The summed E-state index contributed by atoms with van der Waals surface area (Å²) in [4.78, 5) is 11.1. The van der Waals surface area contributed by atoms with Crippen molar-refractivity contribution in [1.82, 2.24) is 0 Å².